The van der Waals surface area contributed by atoms with Crippen molar-refractivity contribution in [3.63, 3.8) is 0 Å². The van der Waals surface area contributed by atoms with Crippen LogP contribution >= 0.6 is 11.8 Å². The van der Waals surface area contributed by atoms with Gasteiger partial charge in [-0.2, -0.15) is 11.8 Å². The molecule has 0 saturated heterocycles. The van der Waals surface area contributed by atoms with Crippen molar-refractivity contribution in [2.45, 2.75) is 12.5 Å². The van der Waals surface area contributed by atoms with Crippen molar-refractivity contribution in [1.29, 1.82) is 0 Å². The van der Waals surface area contributed by atoms with E-state index in [0.29, 0.717) is 23.3 Å². The summed E-state index contributed by atoms with van der Waals surface area (Å²) < 4.78 is 5.09. The molecule has 0 unspecified atom stereocenters. The number of nitrogens with zero attached hydrogens (tertiary/aromatic N) is 1. The Morgan fingerprint density at radius 2 is 1.84 bits per heavy atom. The van der Waals surface area contributed by atoms with E-state index in [4.69, 9.17) is 10.5 Å². The van der Waals surface area contributed by atoms with Gasteiger partial charge in [0.25, 0.3) is 11.8 Å². The molecule has 1 aromatic carbocycles. The molecule has 4 amide bonds. The third-order valence-electron chi connectivity index (χ3n) is 3.65. The number of carbonyl (C=O) groups is 4. The Labute approximate surface area is 149 Å². The Bertz CT molecular complexity index is 659. The number of nitrogens with two attached hydrogens (primary N) is 1. The third-order valence-corrected chi connectivity index (χ3v) is 4.29. The average Bonchev–Trinajstić information content (AvgIpc) is 2.83. The van der Waals surface area contributed by atoms with Crippen LogP contribution in [-0.4, -0.2) is 59.9 Å². The molecule has 8 nitrogen and oxygen atoms in total. The van der Waals surface area contributed by atoms with Gasteiger partial charge in [-0.25, -0.2) is 9.59 Å². The summed E-state index contributed by atoms with van der Waals surface area (Å²) in [6, 6.07) is 4.85. The number of carbonyl (C=O) groups excluding carboxylic acids is 4. The van der Waals surface area contributed by atoms with E-state index in [1.807, 2.05) is 6.26 Å². The number of hydrogen-bond donors (Lipinski definition) is 2. The lowest BCUT2D eigenvalue weighted by molar-refractivity contribution is -0.146. The van der Waals surface area contributed by atoms with Crippen molar-refractivity contribution < 1.29 is 23.9 Å². The maximum Gasteiger partial charge on any atom is 0.328 e. The first kappa shape index (κ1) is 18.8. The second kappa shape index (κ2) is 8.52. The van der Waals surface area contributed by atoms with Crippen molar-refractivity contribution in [1.82, 2.24) is 10.2 Å². The summed E-state index contributed by atoms with van der Waals surface area (Å²) in [6.07, 6.45) is 2.24. The molecule has 0 bridgehead atoms. The molecule has 0 saturated carbocycles. The monoisotopic (exact) mass is 365 g/mol. The van der Waals surface area contributed by atoms with Crippen molar-refractivity contribution in [3.05, 3.63) is 35.4 Å². The molecule has 0 aromatic heterocycles. The maximum absolute atomic E-state index is 12.2. The molecule has 0 fully saturated rings. The smallest absolute Gasteiger partial charge is 0.328 e. The van der Waals surface area contributed by atoms with Crippen molar-refractivity contribution in [2.24, 2.45) is 5.73 Å². The highest BCUT2D eigenvalue weighted by Gasteiger charge is 2.35. The van der Waals surface area contributed by atoms with Crippen LogP contribution in [0.15, 0.2) is 24.3 Å². The number of thioether (sulfide) groups is 1. The molecule has 0 spiro atoms. The van der Waals surface area contributed by atoms with Gasteiger partial charge in [-0.05, 0) is 30.6 Å². The van der Waals surface area contributed by atoms with Crippen molar-refractivity contribution >= 4 is 35.6 Å². The Morgan fingerprint density at radius 1 is 1.24 bits per heavy atom. The minimum atomic E-state index is -0.855. The third kappa shape index (κ3) is 4.50. The maximum atomic E-state index is 12.2. The van der Waals surface area contributed by atoms with E-state index in [9.17, 15) is 19.2 Å². The normalized spacial score (nSPS) is 14.2. The number of hydrogen-bond acceptors (Lipinski definition) is 6. The van der Waals surface area contributed by atoms with Gasteiger partial charge < -0.3 is 15.8 Å². The number of fused-ring (bicyclic) bond motifs is 1. The summed E-state index contributed by atoms with van der Waals surface area (Å²) in [6.45, 7) is -0.204. The van der Waals surface area contributed by atoms with Crippen molar-refractivity contribution in [3.8, 4) is 0 Å². The van der Waals surface area contributed by atoms with Gasteiger partial charge in [0.2, 0.25) is 0 Å². The number of nitrogens with one attached hydrogen (secondary N) is 1. The SMILES string of the molecule is CSCC[C@@H](NC(N)=O)C(=O)OCCN1C(=O)c2ccccc2C1=O. The lowest BCUT2D eigenvalue weighted by atomic mass is 10.1. The first-order chi connectivity index (χ1) is 12.0. The van der Waals surface area contributed by atoms with E-state index in [-0.39, 0.29) is 13.2 Å². The largest absolute Gasteiger partial charge is 0.462 e. The summed E-state index contributed by atoms with van der Waals surface area (Å²) in [5.74, 6) is -0.834. The van der Waals surface area contributed by atoms with Gasteiger partial charge in [-0.15, -0.1) is 0 Å². The van der Waals surface area contributed by atoms with Crippen LogP contribution in [-0.2, 0) is 9.53 Å². The summed E-state index contributed by atoms with van der Waals surface area (Å²) >= 11 is 1.51. The van der Waals surface area contributed by atoms with E-state index in [1.165, 1.54) is 11.8 Å². The quantitative estimate of drug-likeness (QED) is 0.515. The predicted molar refractivity (Wildman–Crippen MR) is 92.3 cm³/mol. The first-order valence-electron chi connectivity index (χ1n) is 7.62. The number of rotatable bonds is 8. The second-order valence-corrected chi connectivity index (χ2v) is 6.30. The Balaban J connectivity index is 1.89. The highest BCUT2D eigenvalue weighted by Crippen LogP contribution is 2.21. The molecule has 1 aliphatic rings. The Hall–Kier alpha value is -2.55. The number of amides is 4. The van der Waals surface area contributed by atoms with Gasteiger partial charge in [0, 0.05) is 0 Å². The van der Waals surface area contributed by atoms with Crippen LogP contribution in [0.2, 0.25) is 0 Å². The number of esters is 1. The summed E-state index contributed by atoms with van der Waals surface area (Å²) in [7, 11) is 0. The zero-order chi connectivity index (χ0) is 18.4. The number of primary amides is 1. The highest BCUT2D eigenvalue weighted by molar-refractivity contribution is 7.98. The topological polar surface area (TPSA) is 119 Å². The van der Waals surface area contributed by atoms with Gasteiger partial charge in [0.15, 0.2) is 0 Å². The van der Waals surface area contributed by atoms with Crippen LogP contribution in [0.25, 0.3) is 0 Å². The highest BCUT2D eigenvalue weighted by atomic mass is 32.2. The molecule has 134 valence electrons. The molecule has 1 aliphatic heterocycles. The fourth-order valence-corrected chi connectivity index (χ4v) is 2.91. The molecule has 1 heterocycles. The fourth-order valence-electron chi connectivity index (χ4n) is 2.44. The predicted octanol–water partition coefficient (Wildman–Crippen LogP) is 0.616. The molecule has 1 aromatic rings. The molecule has 2 rings (SSSR count). The molecule has 3 N–H and O–H groups in total. The van der Waals surface area contributed by atoms with Crippen LogP contribution in [0.4, 0.5) is 4.79 Å². The number of ether oxygens (including phenoxy) is 1. The molecule has 0 radical (unpaired) electrons. The first-order valence-corrected chi connectivity index (χ1v) is 9.02. The van der Waals surface area contributed by atoms with E-state index in [2.05, 4.69) is 5.32 Å². The minimum Gasteiger partial charge on any atom is -0.462 e. The standard InChI is InChI=1S/C16H19N3O5S/c1-25-9-6-12(18-16(17)23)15(22)24-8-7-19-13(20)10-4-2-3-5-11(10)14(19)21/h2-5,12H,6-9H2,1H3,(H3,17,18,23)/t12-/m1/s1. The lowest BCUT2D eigenvalue weighted by Gasteiger charge is -2.18. The van der Waals surface area contributed by atoms with Gasteiger partial charge >= 0.3 is 12.0 Å². The van der Waals surface area contributed by atoms with E-state index >= 15 is 0 Å². The fraction of sp³-hybridized carbons (Fsp3) is 0.375. The van der Waals surface area contributed by atoms with Crippen LogP contribution in [0.5, 0.6) is 0 Å². The molecule has 25 heavy (non-hydrogen) atoms. The summed E-state index contributed by atoms with van der Waals surface area (Å²) in [5, 5.41) is 2.33. The zero-order valence-electron chi connectivity index (χ0n) is 13.7. The molecular formula is C16H19N3O5S. The zero-order valence-corrected chi connectivity index (χ0v) is 14.5. The Morgan fingerprint density at radius 3 is 2.36 bits per heavy atom. The number of imide groups is 1. The van der Waals surface area contributed by atoms with E-state index < -0.39 is 29.9 Å². The van der Waals surface area contributed by atoms with E-state index in [1.54, 1.807) is 24.3 Å². The van der Waals surface area contributed by atoms with Crippen LogP contribution in [0, 0.1) is 0 Å². The van der Waals surface area contributed by atoms with Gasteiger partial charge in [-0.3, -0.25) is 14.5 Å². The van der Waals surface area contributed by atoms with E-state index in [0.717, 1.165) is 4.90 Å². The van der Waals surface area contributed by atoms with Gasteiger partial charge in [0.1, 0.15) is 12.6 Å². The summed E-state index contributed by atoms with van der Waals surface area (Å²) in [5.41, 5.74) is 5.73. The molecule has 0 aliphatic carbocycles. The minimum absolute atomic E-state index is 0.0517. The van der Waals surface area contributed by atoms with Crippen LogP contribution < -0.4 is 11.1 Å². The molecule has 1 atom stereocenters. The summed E-state index contributed by atoms with van der Waals surface area (Å²) in [4.78, 5) is 48.4. The number of urea groups is 1. The number of benzene rings is 1. The van der Waals surface area contributed by atoms with Crippen LogP contribution in [0.3, 0.4) is 0 Å². The lowest BCUT2D eigenvalue weighted by Crippen LogP contribution is -2.45. The molecule has 9 heteroatoms. The van der Waals surface area contributed by atoms with Gasteiger partial charge in [0.05, 0.1) is 17.7 Å². The van der Waals surface area contributed by atoms with Crippen molar-refractivity contribution in [2.75, 3.05) is 25.2 Å². The molecular weight excluding hydrogens is 346 g/mol. The average molecular weight is 365 g/mol. The van der Waals surface area contributed by atoms with Gasteiger partial charge in [-0.1, -0.05) is 12.1 Å². The second-order valence-electron chi connectivity index (χ2n) is 5.32. The Kier molecular flexibility index (Phi) is 6.40. The van der Waals surface area contributed by atoms with Crippen LogP contribution in [0.1, 0.15) is 27.1 Å².